The summed E-state index contributed by atoms with van der Waals surface area (Å²) in [6.45, 7) is 9.88. The lowest BCUT2D eigenvalue weighted by Gasteiger charge is -2.15. The van der Waals surface area contributed by atoms with Crippen molar-refractivity contribution < 1.29 is 32.3 Å². The molecular formula is C24H28F3N3O4S. The molecule has 1 atom stereocenters. The lowest BCUT2D eigenvalue weighted by atomic mass is 9.95. The van der Waals surface area contributed by atoms with E-state index in [0.717, 1.165) is 29.9 Å². The van der Waals surface area contributed by atoms with Gasteiger partial charge in [-0.2, -0.15) is 18.2 Å². The highest BCUT2D eigenvalue weighted by Gasteiger charge is 2.32. The lowest BCUT2D eigenvalue weighted by Crippen LogP contribution is -2.23. The predicted octanol–water partition coefficient (Wildman–Crippen LogP) is 5.13. The van der Waals surface area contributed by atoms with E-state index in [4.69, 9.17) is 9.57 Å². The number of carbonyl (C=O) groups excluding carboxylic acids is 2. The fraction of sp³-hybridized carbons (Fsp3) is 0.500. The average Bonchev–Trinajstić information content (AvgIpc) is 3.41. The number of nitrogens with zero attached hydrogens (tertiary/aromatic N) is 3. The van der Waals surface area contributed by atoms with E-state index < -0.39 is 23.2 Å². The number of thiazole rings is 1. The number of rotatable bonds is 6. The minimum absolute atomic E-state index is 0.00252. The maximum absolute atomic E-state index is 13.4. The van der Waals surface area contributed by atoms with Gasteiger partial charge in [0, 0.05) is 24.6 Å². The van der Waals surface area contributed by atoms with Crippen LogP contribution in [-0.2, 0) is 27.7 Å². The van der Waals surface area contributed by atoms with Crippen molar-refractivity contribution in [2.75, 3.05) is 6.61 Å². The Labute approximate surface area is 205 Å². The summed E-state index contributed by atoms with van der Waals surface area (Å²) in [5.41, 5.74) is -1.65. The molecule has 2 heterocycles. The molecule has 0 unspecified atom stereocenters. The van der Waals surface area contributed by atoms with Crippen LogP contribution in [0, 0.1) is 0 Å². The fourth-order valence-electron chi connectivity index (χ4n) is 3.23. The van der Waals surface area contributed by atoms with Crippen molar-refractivity contribution in [3.8, 4) is 5.75 Å². The molecule has 1 aliphatic heterocycles. The maximum atomic E-state index is 13.4. The zero-order valence-corrected chi connectivity index (χ0v) is 21.0. The number of hydrogen-bond donors (Lipinski definition) is 0. The Kier molecular flexibility index (Phi) is 8.00. The number of carbonyl (C=O) groups is 2. The van der Waals surface area contributed by atoms with Crippen LogP contribution in [0.4, 0.5) is 13.2 Å². The van der Waals surface area contributed by atoms with Crippen molar-refractivity contribution >= 4 is 28.7 Å². The minimum atomic E-state index is -4.67. The third-order valence-electron chi connectivity index (χ3n) is 5.41. The van der Waals surface area contributed by atoms with Gasteiger partial charge in [0.15, 0.2) is 16.3 Å². The number of halogens is 3. The van der Waals surface area contributed by atoms with Crippen LogP contribution >= 0.6 is 11.3 Å². The van der Waals surface area contributed by atoms with Crippen molar-refractivity contribution in [2.45, 2.75) is 71.7 Å². The summed E-state index contributed by atoms with van der Waals surface area (Å²) in [5, 5.41) is 3.63. The molecule has 1 aromatic heterocycles. The molecule has 1 saturated heterocycles. The van der Waals surface area contributed by atoms with E-state index in [1.807, 2.05) is 31.5 Å². The number of ether oxygens (including phenoxy) is 1. The average molecular weight is 512 g/mol. The van der Waals surface area contributed by atoms with Crippen molar-refractivity contribution in [2.24, 2.45) is 10.1 Å². The minimum Gasteiger partial charge on any atom is -0.376 e. The summed E-state index contributed by atoms with van der Waals surface area (Å²) in [7, 11) is 0. The van der Waals surface area contributed by atoms with Gasteiger partial charge in [-0.3, -0.25) is 9.59 Å². The van der Waals surface area contributed by atoms with Gasteiger partial charge in [-0.25, -0.2) is 0 Å². The first-order valence-electron chi connectivity index (χ1n) is 11.1. The summed E-state index contributed by atoms with van der Waals surface area (Å²) < 4.78 is 47.6. The van der Waals surface area contributed by atoms with Crippen LogP contribution in [0.3, 0.4) is 0 Å². The Hall–Kier alpha value is -2.79. The van der Waals surface area contributed by atoms with Crippen LogP contribution in [-0.4, -0.2) is 34.7 Å². The SMILES string of the molecule is CC(=O)C(C)=NOc1ccc(C(F)(F)F)cc1C(=O)N=c1sc(C(C)(C)C)cn1C[C@H]1CCCO1. The first-order valence-corrected chi connectivity index (χ1v) is 11.9. The second kappa shape index (κ2) is 10.4. The quantitative estimate of drug-likeness (QED) is 0.398. The van der Waals surface area contributed by atoms with Crippen molar-refractivity contribution in [3.63, 3.8) is 0 Å². The topological polar surface area (TPSA) is 82.3 Å². The molecule has 0 N–H and O–H groups in total. The molecule has 0 saturated carbocycles. The van der Waals surface area contributed by atoms with Crippen LogP contribution in [0.1, 0.15) is 68.3 Å². The van der Waals surface area contributed by atoms with Gasteiger partial charge in [-0.1, -0.05) is 25.9 Å². The molecule has 0 radical (unpaired) electrons. The first-order chi connectivity index (χ1) is 16.3. The van der Waals surface area contributed by atoms with Crippen LogP contribution in [0.15, 0.2) is 34.5 Å². The molecule has 35 heavy (non-hydrogen) atoms. The highest BCUT2D eigenvalue weighted by molar-refractivity contribution is 7.09. The van der Waals surface area contributed by atoms with Crippen LogP contribution in [0.25, 0.3) is 0 Å². The van der Waals surface area contributed by atoms with E-state index in [1.54, 1.807) is 0 Å². The number of aromatic nitrogens is 1. The van der Waals surface area contributed by atoms with E-state index in [1.165, 1.54) is 25.2 Å². The molecular weight excluding hydrogens is 483 g/mol. The van der Waals surface area contributed by atoms with E-state index >= 15 is 0 Å². The molecule has 1 aromatic carbocycles. The predicted molar refractivity (Wildman–Crippen MR) is 126 cm³/mol. The van der Waals surface area contributed by atoms with Crippen molar-refractivity contribution in [3.05, 3.63) is 45.2 Å². The highest BCUT2D eigenvalue weighted by atomic mass is 32.1. The second-order valence-corrected chi connectivity index (χ2v) is 10.4. The fourth-order valence-corrected chi connectivity index (χ4v) is 4.29. The monoisotopic (exact) mass is 511 g/mol. The van der Waals surface area contributed by atoms with Gasteiger partial charge in [0.05, 0.1) is 23.8 Å². The number of alkyl halides is 3. The van der Waals surface area contributed by atoms with Gasteiger partial charge in [0.25, 0.3) is 5.91 Å². The second-order valence-electron chi connectivity index (χ2n) is 9.37. The molecule has 0 bridgehead atoms. The number of amides is 1. The number of oxime groups is 1. The summed E-state index contributed by atoms with van der Waals surface area (Å²) in [5.74, 6) is -1.52. The third-order valence-corrected chi connectivity index (χ3v) is 6.85. The number of hydrogen-bond acceptors (Lipinski definition) is 6. The van der Waals surface area contributed by atoms with Gasteiger partial charge >= 0.3 is 6.18 Å². The molecule has 0 spiro atoms. The molecule has 3 rings (SSSR count). The Morgan fingerprint density at radius 1 is 1.23 bits per heavy atom. The van der Waals surface area contributed by atoms with Gasteiger partial charge in [-0.15, -0.1) is 11.3 Å². The summed E-state index contributed by atoms with van der Waals surface area (Å²) >= 11 is 1.30. The molecule has 190 valence electrons. The first kappa shape index (κ1) is 26.8. The highest BCUT2D eigenvalue weighted by Crippen LogP contribution is 2.33. The van der Waals surface area contributed by atoms with Crippen LogP contribution in [0.2, 0.25) is 0 Å². The van der Waals surface area contributed by atoms with Crippen LogP contribution in [0.5, 0.6) is 5.75 Å². The zero-order valence-electron chi connectivity index (χ0n) is 20.2. The van der Waals surface area contributed by atoms with Gasteiger partial charge in [-0.05, 0) is 43.4 Å². The molecule has 1 aliphatic rings. The number of benzene rings is 1. The van der Waals surface area contributed by atoms with E-state index in [-0.39, 0.29) is 28.8 Å². The maximum Gasteiger partial charge on any atom is 0.416 e. The standard InChI is InChI=1S/C24H28F3N3O4S/c1-14(15(2)31)29-34-19-9-8-16(24(25,26)27)11-18(19)21(32)28-22-30(12-17-7-6-10-33-17)13-20(35-22)23(3,4)5/h8-9,11,13,17H,6-7,10,12H2,1-5H3/t17-/m1/s1. The lowest BCUT2D eigenvalue weighted by molar-refractivity contribution is -0.137. The smallest absolute Gasteiger partial charge is 0.376 e. The summed E-state index contributed by atoms with van der Waals surface area (Å²) in [4.78, 5) is 35.3. The van der Waals surface area contributed by atoms with Crippen molar-refractivity contribution in [1.29, 1.82) is 0 Å². The Balaban J connectivity index is 2.08. The molecule has 0 aliphatic carbocycles. The molecule has 11 heteroatoms. The summed E-state index contributed by atoms with van der Waals surface area (Å²) in [6.07, 6.45) is -0.975. The Bertz CT molecular complexity index is 1200. The third kappa shape index (κ3) is 6.88. The Morgan fingerprint density at radius 3 is 2.51 bits per heavy atom. The largest absolute Gasteiger partial charge is 0.416 e. The molecule has 2 aromatic rings. The van der Waals surface area contributed by atoms with Crippen molar-refractivity contribution in [1.82, 2.24) is 4.57 Å². The Morgan fingerprint density at radius 2 is 1.94 bits per heavy atom. The molecule has 1 amide bonds. The van der Waals surface area contributed by atoms with E-state index in [2.05, 4.69) is 10.1 Å². The van der Waals surface area contributed by atoms with Crippen LogP contribution < -0.4 is 9.64 Å². The number of Topliss-reactive ketones (excluding diaryl/α,β-unsaturated/α-hetero) is 1. The van der Waals surface area contributed by atoms with Gasteiger partial charge in [0.1, 0.15) is 5.71 Å². The van der Waals surface area contributed by atoms with Gasteiger partial charge < -0.3 is 14.1 Å². The number of ketones is 1. The molecule has 7 nitrogen and oxygen atoms in total. The zero-order chi connectivity index (χ0) is 26.0. The van der Waals surface area contributed by atoms with Gasteiger partial charge in [0.2, 0.25) is 0 Å². The van der Waals surface area contributed by atoms with E-state index in [9.17, 15) is 22.8 Å². The van der Waals surface area contributed by atoms with E-state index in [0.29, 0.717) is 24.0 Å². The summed E-state index contributed by atoms with van der Waals surface area (Å²) in [6, 6.07) is 2.46. The molecule has 1 fully saturated rings. The normalized spacial score (nSPS) is 17.7.